The normalized spacial score (nSPS) is 12.5. The first kappa shape index (κ1) is 12.4. The zero-order valence-electron chi connectivity index (χ0n) is 9.45. The van der Waals surface area contributed by atoms with Crippen molar-refractivity contribution in [3.63, 3.8) is 0 Å². The third-order valence-electron chi connectivity index (χ3n) is 2.68. The van der Waals surface area contributed by atoms with Crippen molar-refractivity contribution in [2.24, 2.45) is 5.73 Å². The largest absolute Gasteiger partial charge is 0.324 e. The molecule has 0 aliphatic rings. The van der Waals surface area contributed by atoms with Crippen molar-refractivity contribution in [1.29, 1.82) is 0 Å². The van der Waals surface area contributed by atoms with Gasteiger partial charge in [-0.1, -0.05) is 53.5 Å². The van der Waals surface area contributed by atoms with Crippen LogP contribution in [0.25, 0.3) is 11.1 Å². The van der Waals surface area contributed by atoms with E-state index in [9.17, 15) is 0 Å². The number of hydrogen-bond acceptors (Lipinski definition) is 1. The molecular formula is C14H13Cl2N. The molecule has 0 bridgehead atoms. The van der Waals surface area contributed by atoms with Gasteiger partial charge in [-0.05, 0) is 35.7 Å². The predicted octanol–water partition coefficient (Wildman–Crippen LogP) is 4.68. The van der Waals surface area contributed by atoms with Gasteiger partial charge in [0.25, 0.3) is 0 Å². The molecular weight excluding hydrogens is 253 g/mol. The molecule has 0 amide bonds. The average molecular weight is 266 g/mol. The predicted molar refractivity (Wildman–Crippen MR) is 74.5 cm³/mol. The fourth-order valence-electron chi connectivity index (χ4n) is 1.82. The van der Waals surface area contributed by atoms with Crippen LogP contribution in [0.4, 0.5) is 0 Å². The van der Waals surface area contributed by atoms with E-state index in [2.05, 4.69) is 0 Å². The fourth-order valence-corrected chi connectivity index (χ4v) is 2.12. The monoisotopic (exact) mass is 265 g/mol. The highest BCUT2D eigenvalue weighted by molar-refractivity contribution is 6.42. The van der Waals surface area contributed by atoms with Crippen LogP contribution in [0.5, 0.6) is 0 Å². The van der Waals surface area contributed by atoms with Crippen molar-refractivity contribution >= 4 is 23.2 Å². The molecule has 3 heteroatoms. The topological polar surface area (TPSA) is 26.0 Å². The van der Waals surface area contributed by atoms with Crippen molar-refractivity contribution < 1.29 is 0 Å². The molecule has 2 rings (SSSR count). The lowest BCUT2D eigenvalue weighted by Crippen LogP contribution is -2.06. The second kappa shape index (κ2) is 5.09. The van der Waals surface area contributed by atoms with Crippen molar-refractivity contribution in [2.75, 3.05) is 0 Å². The average Bonchev–Trinajstić information content (AvgIpc) is 2.32. The summed E-state index contributed by atoms with van der Waals surface area (Å²) in [6.07, 6.45) is 0. The Bertz CT molecular complexity index is 535. The molecule has 0 spiro atoms. The highest BCUT2D eigenvalue weighted by atomic mass is 35.5. The Balaban J connectivity index is 2.56. The molecule has 0 aromatic heterocycles. The first-order chi connectivity index (χ1) is 8.09. The quantitative estimate of drug-likeness (QED) is 0.839. The summed E-state index contributed by atoms with van der Waals surface area (Å²) in [6, 6.07) is 13.7. The zero-order chi connectivity index (χ0) is 12.4. The van der Waals surface area contributed by atoms with Crippen LogP contribution in [0.15, 0.2) is 42.5 Å². The first-order valence-corrected chi connectivity index (χ1v) is 6.15. The van der Waals surface area contributed by atoms with Gasteiger partial charge in [0.2, 0.25) is 0 Å². The van der Waals surface area contributed by atoms with Crippen molar-refractivity contribution in [3.8, 4) is 11.1 Å². The third-order valence-corrected chi connectivity index (χ3v) is 3.42. The Labute approximate surface area is 111 Å². The van der Waals surface area contributed by atoms with Crippen LogP contribution in [-0.4, -0.2) is 0 Å². The molecule has 1 unspecified atom stereocenters. The summed E-state index contributed by atoms with van der Waals surface area (Å²) >= 11 is 11.9. The Morgan fingerprint density at radius 2 is 1.71 bits per heavy atom. The van der Waals surface area contributed by atoms with E-state index in [1.165, 1.54) is 0 Å². The lowest BCUT2D eigenvalue weighted by Gasteiger charge is -2.13. The van der Waals surface area contributed by atoms with Gasteiger partial charge in [0.15, 0.2) is 0 Å². The number of benzene rings is 2. The Morgan fingerprint density at radius 3 is 2.35 bits per heavy atom. The zero-order valence-corrected chi connectivity index (χ0v) is 11.0. The summed E-state index contributed by atoms with van der Waals surface area (Å²) in [6.45, 7) is 1.97. The lowest BCUT2D eigenvalue weighted by atomic mass is 9.96. The van der Waals surface area contributed by atoms with Gasteiger partial charge in [-0.15, -0.1) is 0 Å². The minimum atomic E-state index is -0.0133. The lowest BCUT2D eigenvalue weighted by molar-refractivity contribution is 0.820. The molecule has 0 fully saturated rings. The number of rotatable bonds is 2. The maximum atomic E-state index is 6.03. The Hall–Kier alpha value is -1.02. The van der Waals surface area contributed by atoms with Gasteiger partial charge in [0, 0.05) is 6.04 Å². The van der Waals surface area contributed by atoms with E-state index in [1.807, 2.05) is 43.3 Å². The molecule has 0 aliphatic heterocycles. The van der Waals surface area contributed by atoms with E-state index in [0.29, 0.717) is 10.0 Å². The van der Waals surface area contributed by atoms with Crippen molar-refractivity contribution in [2.45, 2.75) is 13.0 Å². The van der Waals surface area contributed by atoms with Gasteiger partial charge in [-0.2, -0.15) is 0 Å². The molecule has 88 valence electrons. The summed E-state index contributed by atoms with van der Waals surface area (Å²) in [5.41, 5.74) is 9.20. The van der Waals surface area contributed by atoms with Gasteiger partial charge in [-0.3, -0.25) is 0 Å². The van der Waals surface area contributed by atoms with E-state index >= 15 is 0 Å². The Kier molecular flexibility index (Phi) is 3.72. The molecule has 0 radical (unpaired) electrons. The summed E-state index contributed by atoms with van der Waals surface area (Å²) in [4.78, 5) is 0. The van der Waals surface area contributed by atoms with Crippen molar-refractivity contribution in [3.05, 3.63) is 58.1 Å². The highest BCUT2D eigenvalue weighted by Crippen LogP contribution is 2.31. The van der Waals surface area contributed by atoms with Crippen LogP contribution in [0.2, 0.25) is 10.0 Å². The summed E-state index contributed by atoms with van der Waals surface area (Å²) in [5, 5.41) is 1.12. The van der Waals surface area contributed by atoms with Crippen LogP contribution in [0.3, 0.4) is 0 Å². The summed E-state index contributed by atoms with van der Waals surface area (Å²) < 4.78 is 0. The smallest absolute Gasteiger partial charge is 0.0598 e. The van der Waals surface area contributed by atoms with E-state index in [4.69, 9.17) is 28.9 Å². The minimum absolute atomic E-state index is 0.0133. The summed E-state index contributed by atoms with van der Waals surface area (Å²) in [5.74, 6) is 0. The minimum Gasteiger partial charge on any atom is -0.324 e. The van der Waals surface area contributed by atoms with E-state index in [1.54, 1.807) is 6.07 Å². The SMILES string of the molecule is CC(N)c1ccccc1-c1ccc(Cl)c(Cl)c1. The molecule has 17 heavy (non-hydrogen) atoms. The van der Waals surface area contributed by atoms with Gasteiger partial charge in [-0.25, -0.2) is 0 Å². The molecule has 1 nitrogen and oxygen atoms in total. The molecule has 1 atom stereocenters. The molecule has 0 heterocycles. The van der Waals surface area contributed by atoms with Crippen LogP contribution in [0, 0.1) is 0 Å². The van der Waals surface area contributed by atoms with Crippen molar-refractivity contribution in [1.82, 2.24) is 0 Å². The second-order valence-corrected chi connectivity index (χ2v) is 4.82. The molecule has 2 aromatic rings. The van der Waals surface area contributed by atoms with Crippen LogP contribution in [0.1, 0.15) is 18.5 Å². The number of halogens is 2. The Morgan fingerprint density at radius 1 is 1.00 bits per heavy atom. The van der Waals surface area contributed by atoms with Crippen LogP contribution < -0.4 is 5.73 Å². The second-order valence-electron chi connectivity index (χ2n) is 4.00. The summed E-state index contributed by atoms with van der Waals surface area (Å²) in [7, 11) is 0. The molecule has 2 N–H and O–H groups in total. The van der Waals surface area contributed by atoms with Gasteiger partial charge >= 0.3 is 0 Å². The first-order valence-electron chi connectivity index (χ1n) is 5.39. The van der Waals surface area contributed by atoms with Crippen LogP contribution in [-0.2, 0) is 0 Å². The van der Waals surface area contributed by atoms with Crippen LogP contribution >= 0.6 is 23.2 Å². The number of nitrogens with two attached hydrogens (primary N) is 1. The molecule has 0 saturated carbocycles. The van der Waals surface area contributed by atoms with Gasteiger partial charge < -0.3 is 5.73 Å². The van der Waals surface area contributed by atoms with E-state index in [-0.39, 0.29) is 6.04 Å². The standard InChI is InChI=1S/C14H13Cl2N/c1-9(17)11-4-2-3-5-12(11)10-6-7-13(15)14(16)8-10/h2-9H,17H2,1H3. The maximum Gasteiger partial charge on any atom is 0.0598 e. The van der Waals surface area contributed by atoms with E-state index < -0.39 is 0 Å². The fraction of sp³-hybridized carbons (Fsp3) is 0.143. The molecule has 0 aliphatic carbocycles. The third kappa shape index (κ3) is 2.63. The van der Waals surface area contributed by atoms with Gasteiger partial charge in [0.05, 0.1) is 10.0 Å². The molecule has 0 saturated heterocycles. The highest BCUT2D eigenvalue weighted by Gasteiger charge is 2.09. The molecule has 2 aromatic carbocycles. The number of hydrogen-bond donors (Lipinski definition) is 1. The maximum absolute atomic E-state index is 6.03. The van der Waals surface area contributed by atoms with Gasteiger partial charge in [0.1, 0.15) is 0 Å². The van der Waals surface area contributed by atoms with E-state index in [0.717, 1.165) is 16.7 Å².